The first-order chi connectivity index (χ1) is 9.29. The molecule has 0 atom stereocenters. The number of benzene rings is 1. The average molecular weight is 275 g/mol. The standard InChI is InChI=1S/C16H19ClN2/c1-19(14-7-3-4-8-14)16-15-9-5-2-6-12(15)10-13(11-17)18-16/h2,5-6,9-10,14H,3-4,7-8,11H2,1H3. The maximum atomic E-state index is 5.98. The summed E-state index contributed by atoms with van der Waals surface area (Å²) in [5.41, 5.74) is 0.959. The molecule has 0 saturated heterocycles. The zero-order chi connectivity index (χ0) is 13.2. The molecule has 0 spiro atoms. The molecule has 1 aromatic heterocycles. The molecular weight excluding hydrogens is 256 g/mol. The highest BCUT2D eigenvalue weighted by atomic mass is 35.5. The first-order valence-electron chi connectivity index (χ1n) is 6.97. The van der Waals surface area contributed by atoms with Gasteiger partial charge in [0.25, 0.3) is 0 Å². The Morgan fingerprint density at radius 1 is 1.26 bits per heavy atom. The first kappa shape index (κ1) is 12.7. The summed E-state index contributed by atoms with van der Waals surface area (Å²) in [6, 6.07) is 11.2. The molecule has 3 rings (SSSR count). The van der Waals surface area contributed by atoms with Gasteiger partial charge in [0.2, 0.25) is 0 Å². The van der Waals surface area contributed by atoms with E-state index in [0.29, 0.717) is 11.9 Å². The van der Waals surface area contributed by atoms with Crippen LogP contribution < -0.4 is 4.90 Å². The van der Waals surface area contributed by atoms with Gasteiger partial charge in [-0.05, 0) is 24.3 Å². The van der Waals surface area contributed by atoms with Crippen LogP contribution in [0.15, 0.2) is 30.3 Å². The number of fused-ring (bicyclic) bond motifs is 1. The number of hydrogen-bond acceptors (Lipinski definition) is 2. The van der Waals surface area contributed by atoms with Crippen LogP contribution >= 0.6 is 11.6 Å². The molecule has 1 aliphatic rings. The molecule has 19 heavy (non-hydrogen) atoms. The van der Waals surface area contributed by atoms with Gasteiger partial charge in [-0.1, -0.05) is 37.1 Å². The van der Waals surface area contributed by atoms with E-state index in [9.17, 15) is 0 Å². The summed E-state index contributed by atoms with van der Waals surface area (Å²) >= 11 is 5.98. The van der Waals surface area contributed by atoms with Gasteiger partial charge in [-0.2, -0.15) is 0 Å². The van der Waals surface area contributed by atoms with Crippen LogP contribution in [0, 0.1) is 0 Å². The van der Waals surface area contributed by atoms with Gasteiger partial charge in [0.05, 0.1) is 11.6 Å². The molecule has 1 saturated carbocycles. The molecule has 0 radical (unpaired) electrons. The number of alkyl halides is 1. The molecule has 3 heteroatoms. The molecule has 0 aliphatic heterocycles. The van der Waals surface area contributed by atoms with Crippen molar-refractivity contribution < 1.29 is 0 Å². The van der Waals surface area contributed by atoms with Crippen molar-refractivity contribution in [2.45, 2.75) is 37.6 Å². The Balaban J connectivity index is 2.09. The molecule has 1 heterocycles. The topological polar surface area (TPSA) is 16.1 Å². The molecule has 0 bridgehead atoms. The normalized spacial score (nSPS) is 16.1. The van der Waals surface area contributed by atoms with E-state index < -0.39 is 0 Å². The second kappa shape index (κ2) is 5.38. The summed E-state index contributed by atoms with van der Waals surface area (Å²) in [7, 11) is 2.17. The minimum Gasteiger partial charge on any atom is -0.356 e. The van der Waals surface area contributed by atoms with Crippen molar-refractivity contribution in [2.75, 3.05) is 11.9 Å². The predicted molar refractivity (Wildman–Crippen MR) is 82.0 cm³/mol. The lowest BCUT2D eigenvalue weighted by Crippen LogP contribution is -2.29. The lowest BCUT2D eigenvalue weighted by atomic mass is 10.1. The fraction of sp³-hybridized carbons (Fsp3) is 0.438. The Bertz CT molecular complexity index is 576. The van der Waals surface area contributed by atoms with Crippen LogP contribution in [0.25, 0.3) is 10.8 Å². The van der Waals surface area contributed by atoms with Crippen molar-refractivity contribution in [3.8, 4) is 0 Å². The Morgan fingerprint density at radius 2 is 2.00 bits per heavy atom. The fourth-order valence-electron chi connectivity index (χ4n) is 3.04. The highest BCUT2D eigenvalue weighted by molar-refractivity contribution is 6.17. The van der Waals surface area contributed by atoms with Crippen molar-refractivity contribution in [1.82, 2.24) is 4.98 Å². The van der Waals surface area contributed by atoms with Gasteiger partial charge >= 0.3 is 0 Å². The van der Waals surface area contributed by atoms with E-state index >= 15 is 0 Å². The molecule has 1 aliphatic carbocycles. The van der Waals surface area contributed by atoms with Crippen molar-refractivity contribution in [1.29, 1.82) is 0 Å². The van der Waals surface area contributed by atoms with Gasteiger partial charge < -0.3 is 4.90 Å². The summed E-state index contributed by atoms with van der Waals surface area (Å²) in [6.07, 6.45) is 5.22. The van der Waals surface area contributed by atoms with E-state index in [-0.39, 0.29) is 0 Å². The number of rotatable bonds is 3. The van der Waals surface area contributed by atoms with Crippen LogP contribution in [-0.2, 0) is 5.88 Å². The largest absolute Gasteiger partial charge is 0.356 e. The Morgan fingerprint density at radius 3 is 2.74 bits per heavy atom. The fourth-order valence-corrected chi connectivity index (χ4v) is 3.17. The molecule has 0 unspecified atom stereocenters. The molecule has 2 nitrogen and oxygen atoms in total. The third-order valence-electron chi connectivity index (χ3n) is 4.12. The zero-order valence-corrected chi connectivity index (χ0v) is 12.0. The Labute approximate surface area is 119 Å². The molecular formula is C16H19ClN2. The lowest BCUT2D eigenvalue weighted by Gasteiger charge is -2.27. The van der Waals surface area contributed by atoms with Crippen LogP contribution in [0.1, 0.15) is 31.4 Å². The maximum Gasteiger partial charge on any atom is 0.136 e. The zero-order valence-electron chi connectivity index (χ0n) is 11.3. The molecule has 1 fully saturated rings. The van der Waals surface area contributed by atoms with Crippen LogP contribution in [0.5, 0.6) is 0 Å². The van der Waals surface area contributed by atoms with E-state index in [1.165, 1.54) is 36.5 Å². The SMILES string of the molecule is CN(c1nc(CCl)cc2ccccc12)C1CCCC1. The van der Waals surface area contributed by atoms with Gasteiger partial charge in [0.15, 0.2) is 0 Å². The van der Waals surface area contributed by atoms with E-state index in [2.05, 4.69) is 42.3 Å². The summed E-state index contributed by atoms with van der Waals surface area (Å²) in [4.78, 5) is 7.11. The number of aromatic nitrogens is 1. The monoisotopic (exact) mass is 274 g/mol. The van der Waals surface area contributed by atoms with Gasteiger partial charge in [-0.25, -0.2) is 4.98 Å². The first-order valence-corrected chi connectivity index (χ1v) is 7.50. The van der Waals surface area contributed by atoms with Gasteiger partial charge in [-0.3, -0.25) is 0 Å². The highest BCUT2D eigenvalue weighted by Gasteiger charge is 2.22. The summed E-state index contributed by atoms with van der Waals surface area (Å²) in [5, 5.41) is 2.46. The van der Waals surface area contributed by atoms with Crippen LogP contribution in [-0.4, -0.2) is 18.1 Å². The summed E-state index contributed by atoms with van der Waals surface area (Å²) < 4.78 is 0. The number of anilines is 1. The van der Waals surface area contributed by atoms with Crippen LogP contribution in [0.2, 0.25) is 0 Å². The molecule has 2 aromatic rings. The molecule has 0 N–H and O–H groups in total. The van der Waals surface area contributed by atoms with Gasteiger partial charge in [0, 0.05) is 18.5 Å². The smallest absolute Gasteiger partial charge is 0.136 e. The van der Waals surface area contributed by atoms with Crippen LogP contribution in [0.3, 0.4) is 0 Å². The number of pyridine rings is 1. The van der Waals surface area contributed by atoms with Gasteiger partial charge in [0.1, 0.15) is 5.82 Å². The van der Waals surface area contributed by atoms with E-state index in [0.717, 1.165) is 11.5 Å². The second-order valence-electron chi connectivity index (χ2n) is 5.34. The average Bonchev–Trinajstić information content (AvgIpc) is 2.99. The lowest BCUT2D eigenvalue weighted by molar-refractivity contribution is 0.648. The quantitative estimate of drug-likeness (QED) is 0.774. The van der Waals surface area contributed by atoms with E-state index in [4.69, 9.17) is 16.6 Å². The number of nitrogens with zero attached hydrogens (tertiary/aromatic N) is 2. The Hall–Kier alpha value is -1.28. The maximum absolute atomic E-state index is 5.98. The second-order valence-corrected chi connectivity index (χ2v) is 5.61. The minimum atomic E-state index is 0.469. The van der Waals surface area contributed by atoms with E-state index in [1.807, 2.05) is 0 Å². The predicted octanol–water partition coefficient (Wildman–Crippen LogP) is 4.35. The minimum absolute atomic E-state index is 0.469. The third kappa shape index (κ3) is 2.42. The molecule has 1 aromatic carbocycles. The number of hydrogen-bond donors (Lipinski definition) is 0. The van der Waals surface area contributed by atoms with Crippen molar-refractivity contribution in [3.63, 3.8) is 0 Å². The van der Waals surface area contributed by atoms with E-state index in [1.54, 1.807) is 0 Å². The summed E-state index contributed by atoms with van der Waals surface area (Å²) in [5.74, 6) is 1.55. The van der Waals surface area contributed by atoms with Crippen LogP contribution in [0.4, 0.5) is 5.82 Å². The third-order valence-corrected chi connectivity index (χ3v) is 4.39. The Kier molecular flexibility index (Phi) is 3.61. The van der Waals surface area contributed by atoms with Crippen molar-refractivity contribution >= 4 is 28.2 Å². The van der Waals surface area contributed by atoms with Gasteiger partial charge in [-0.15, -0.1) is 11.6 Å². The number of halogens is 1. The van der Waals surface area contributed by atoms with Crippen molar-refractivity contribution in [2.24, 2.45) is 0 Å². The molecule has 100 valence electrons. The summed E-state index contributed by atoms with van der Waals surface area (Å²) in [6.45, 7) is 0. The highest BCUT2D eigenvalue weighted by Crippen LogP contribution is 2.31. The molecule has 0 amide bonds. The van der Waals surface area contributed by atoms with Crippen molar-refractivity contribution in [3.05, 3.63) is 36.0 Å².